The highest BCUT2D eigenvalue weighted by Crippen LogP contribution is 2.78. The molecule has 50 heavy (non-hydrogen) atoms. The lowest BCUT2D eigenvalue weighted by molar-refractivity contribution is -0.274. The summed E-state index contributed by atoms with van der Waals surface area (Å²) in [4.78, 5) is 16.7. The molecule has 2 spiro atoms. The van der Waals surface area contributed by atoms with E-state index in [-0.39, 0.29) is 59.8 Å². The second-order valence-electron chi connectivity index (χ2n) is 17.2. The maximum Gasteiger partial charge on any atom is 0.573 e. The highest BCUT2D eigenvalue weighted by Gasteiger charge is 2.74. The molecule has 2 bridgehead atoms. The Morgan fingerprint density at radius 1 is 0.960 bits per heavy atom. The molecule has 0 saturated heterocycles. The number of ether oxygens (including phenoxy) is 1. The molecule has 4 fully saturated rings. The second kappa shape index (κ2) is 12.7. The fourth-order valence-electron chi connectivity index (χ4n) is 12.2. The Morgan fingerprint density at radius 2 is 1.62 bits per heavy atom. The van der Waals surface area contributed by atoms with Crippen molar-refractivity contribution in [2.45, 2.75) is 122 Å². The van der Waals surface area contributed by atoms with Crippen molar-refractivity contribution in [3.63, 3.8) is 0 Å². The maximum absolute atomic E-state index is 14.8. The van der Waals surface area contributed by atoms with Gasteiger partial charge in [0.2, 0.25) is 0 Å². The summed E-state index contributed by atoms with van der Waals surface area (Å²) in [6.45, 7) is 4.61. The minimum absolute atomic E-state index is 0.000758. The van der Waals surface area contributed by atoms with Gasteiger partial charge in [-0.15, -0.1) is 13.2 Å². The van der Waals surface area contributed by atoms with Crippen molar-refractivity contribution in [3.8, 4) is 5.75 Å². The van der Waals surface area contributed by atoms with Gasteiger partial charge in [0.05, 0.1) is 24.4 Å². The predicted octanol–water partition coefficient (Wildman–Crippen LogP) is 6.48. The summed E-state index contributed by atoms with van der Waals surface area (Å²) in [5, 5.41) is 44.2. The standard InChI is InChI=1S/C40H54F3NO6/c1-35-15-12-28(46)20-37(35)18-19-39(31(21-37)34(48)27-6-4-3-5-7-27)32(35)13-16-36(2)33(39)14-17-38(36,49)25-44(23-29(47)24-45)22-26-8-10-30(11-9-26)50-40(41,42)43/h8-11,18-19,21,27-29,32-33,45-47,49H,3-7,12-17,20,22-25H2,1-2H3/t28?,29-,32+,33+,35+,36-,37-,38+,39+/m0/s1. The molecule has 4 saturated carbocycles. The van der Waals surface area contributed by atoms with E-state index in [0.717, 1.165) is 69.8 Å². The number of alkyl halides is 3. The molecule has 0 heterocycles. The normalized spacial score (nSPS) is 40.2. The molecular formula is C40H54F3NO6. The summed E-state index contributed by atoms with van der Waals surface area (Å²) in [7, 11) is 0. The van der Waals surface area contributed by atoms with E-state index in [1.165, 1.54) is 12.1 Å². The lowest BCUT2D eigenvalue weighted by atomic mass is 9.32. The van der Waals surface area contributed by atoms with Gasteiger partial charge in [-0.3, -0.25) is 9.69 Å². The zero-order valence-corrected chi connectivity index (χ0v) is 29.4. The first-order valence-corrected chi connectivity index (χ1v) is 18.8. The zero-order valence-electron chi connectivity index (χ0n) is 29.4. The first-order valence-electron chi connectivity index (χ1n) is 18.8. The quantitative estimate of drug-likeness (QED) is 0.207. The van der Waals surface area contributed by atoms with Gasteiger partial charge in [-0.05, 0) is 92.7 Å². The first kappa shape index (κ1) is 36.1. The number of nitrogens with zero attached hydrogens (tertiary/aromatic N) is 1. The van der Waals surface area contributed by atoms with Crippen LogP contribution in [-0.2, 0) is 11.3 Å². The third kappa shape index (κ3) is 5.71. The number of carbonyl (C=O) groups is 1. The van der Waals surface area contributed by atoms with Gasteiger partial charge in [-0.1, -0.05) is 63.5 Å². The van der Waals surface area contributed by atoms with Crippen LogP contribution >= 0.6 is 0 Å². The molecule has 9 atom stereocenters. The van der Waals surface area contributed by atoms with E-state index in [9.17, 15) is 38.4 Å². The van der Waals surface area contributed by atoms with Crippen LogP contribution in [0.5, 0.6) is 5.75 Å². The molecule has 1 unspecified atom stereocenters. The van der Waals surface area contributed by atoms with Crippen LogP contribution in [0.1, 0.15) is 96.5 Å². The molecule has 7 nitrogen and oxygen atoms in total. The summed E-state index contributed by atoms with van der Waals surface area (Å²) in [6.07, 6.45) is 10.9. The van der Waals surface area contributed by atoms with Crippen LogP contribution in [0.3, 0.4) is 0 Å². The van der Waals surface area contributed by atoms with Gasteiger partial charge in [0.15, 0.2) is 5.78 Å². The van der Waals surface area contributed by atoms with Crippen LogP contribution in [0, 0.1) is 39.4 Å². The minimum atomic E-state index is -4.80. The molecule has 1 aromatic carbocycles. The van der Waals surface area contributed by atoms with Gasteiger partial charge in [0.1, 0.15) is 5.75 Å². The van der Waals surface area contributed by atoms with E-state index in [0.29, 0.717) is 18.4 Å². The molecule has 0 aliphatic heterocycles. The number of rotatable bonds is 10. The van der Waals surface area contributed by atoms with Crippen molar-refractivity contribution in [1.29, 1.82) is 0 Å². The molecule has 4 N–H and O–H groups in total. The van der Waals surface area contributed by atoms with Crippen LogP contribution in [-0.4, -0.2) is 75.0 Å². The van der Waals surface area contributed by atoms with E-state index >= 15 is 0 Å². The topological polar surface area (TPSA) is 110 Å². The fraction of sp³-hybridized carbons (Fsp3) is 0.725. The van der Waals surface area contributed by atoms with Crippen molar-refractivity contribution in [2.24, 2.45) is 39.4 Å². The number of allylic oxidation sites excluding steroid dienone is 4. The van der Waals surface area contributed by atoms with Crippen molar-refractivity contribution >= 4 is 5.78 Å². The van der Waals surface area contributed by atoms with E-state index < -0.39 is 41.6 Å². The summed E-state index contributed by atoms with van der Waals surface area (Å²) in [5.41, 5.74) is -1.14. The van der Waals surface area contributed by atoms with Crippen LogP contribution < -0.4 is 4.74 Å². The Morgan fingerprint density at radius 3 is 2.30 bits per heavy atom. The van der Waals surface area contributed by atoms with Gasteiger partial charge in [-0.2, -0.15) is 0 Å². The Balaban J connectivity index is 1.22. The van der Waals surface area contributed by atoms with Crippen LogP contribution in [0.2, 0.25) is 0 Å². The number of hydrogen-bond donors (Lipinski definition) is 4. The number of aliphatic hydroxyl groups is 4. The average molecular weight is 702 g/mol. The highest BCUT2D eigenvalue weighted by molar-refractivity contribution is 6.00. The summed E-state index contributed by atoms with van der Waals surface area (Å²) >= 11 is 0. The predicted molar refractivity (Wildman–Crippen MR) is 182 cm³/mol. The number of aliphatic hydroxyl groups excluding tert-OH is 3. The molecule has 0 amide bonds. The Hall–Kier alpha value is -2.24. The molecule has 276 valence electrons. The second-order valence-corrected chi connectivity index (χ2v) is 17.2. The van der Waals surface area contributed by atoms with Gasteiger partial charge < -0.3 is 25.2 Å². The van der Waals surface area contributed by atoms with Crippen LogP contribution in [0.15, 0.2) is 48.1 Å². The molecule has 7 aliphatic carbocycles. The number of Topliss-reactive ketones (excluding diaryl/α,β-unsaturated/α-hetero) is 1. The average Bonchev–Trinajstić information content (AvgIpc) is 3.34. The van der Waals surface area contributed by atoms with E-state index in [4.69, 9.17) is 0 Å². The van der Waals surface area contributed by atoms with Gasteiger partial charge >= 0.3 is 6.36 Å². The molecule has 0 aromatic heterocycles. The van der Waals surface area contributed by atoms with Gasteiger partial charge in [-0.25, -0.2) is 0 Å². The van der Waals surface area contributed by atoms with Crippen molar-refractivity contribution in [2.75, 3.05) is 19.7 Å². The molecule has 10 heteroatoms. The summed E-state index contributed by atoms with van der Waals surface area (Å²) in [5.74, 6) is 0.162. The Kier molecular flexibility index (Phi) is 9.19. The molecular weight excluding hydrogens is 647 g/mol. The lowest BCUT2D eigenvalue weighted by Crippen LogP contribution is -2.67. The minimum Gasteiger partial charge on any atom is -0.406 e. The number of fused-ring (bicyclic) bond motifs is 1. The summed E-state index contributed by atoms with van der Waals surface area (Å²) in [6, 6.07) is 5.60. The molecule has 1 aromatic rings. The van der Waals surface area contributed by atoms with E-state index in [1.54, 1.807) is 12.1 Å². The number of ketones is 1. The van der Waals surface area contributed by atoms with Gasteiger partial charge in [0, 0.05) is 47.4 Å². The molecule has 7 aliphatic rings. The summed E-state index contributed by atoms with van der Waals surface area (Å²) < 4.78 is 42.4. The highest BCUT2D eigenvalue weighted by atomic mass is 19.4. The van der Waals surface area contributed by atoms with Crippen LogP contribution in [0.25, 0.3) is 0 Å². The smallest absolute Gasteiger partial charge is 0.406 e. The zero-order chi connectivity index (χ0) is 35.7. The third-order valence-corrected chi connectivity index (χ3v) is 14.7. The van der Waals surface area contributed by atoms with Gasteiger partial charge in [0.25, 0.3) is 0 Å². The van der Waals surface area contributed by atoms with Crippen molar-refractivity contribution in [3.05, 3.63) is 53.6 Å². The van der Waals surface area contributed by atoms with E-state index in [1.807, 2.05) is 4.90 Å². The first-order chi connectivity index (χ1) is 23.6. The maximum atomic E-state index is 14.8. The van der Waals surface area contributed by atoms with Crippen molar-refractivity contribution in [1.82, 2.24) is 4.90 Å². The van der Waals surface area contributed by atoms with E-state index in [2.05, 4.69) is 36.8 Å². The van der Waals surface area contributed by atoms with Crippen molar-refractivity contribution < 1.29 is 43.1 Å². The molecule has 8 rings (SSSR count). The number of halogens is 3. The molecule has 0 radical (unpaired) electrons. The van der Waals surface area contributed by atoms with Crippen LogP contribution in [0.4, 0.5) is 13.2 Å². The number of carbonyl (C=O) groups excluding carboxylic acids is 1. The Labute approximate surface area is 293 Å². The largest absolute Gasteiger partial charge is 0.573 e. The lowest BCUT2D eigenvalue weighted by Gasteiger charge is -2.71. The number of hydrogen-bond acceptors (Lipinski definition) is 7. The number of benzene rings is 1. The SMILES string of the molecule is C[C@]12CC[C@H]3[C@]4(C=C[C@@]5(C=C4C(=O)C4CCCCC4)CC(O)CC[C@]35C)[C@@H]1CC[C@@]2(O)CN(Cc1ccc(OC(F)(F)F)cc1)C[C@H](O)CO. The fourth-order valence-corrected chi connectivity index (χ4v) is 12.2. The Bertz CT molecular complexity index is 1510. The monoisotopic (exact) mass is 701 g/mol. The third-order valence-electron chi connectivity index (χ3n) is 14.7.